The molecule has 92 valence electrons. The average molecular weight is 233 g/mol. The van der Waals surface area contributed by atoms with Crippen LogP contribution in [0.5, 0.6) is 5.75 Å². The average Bonchev–Trinajstić information content (AvgIpc) is 3.14. The third-order valence-electron chi connectivity index (χ3n) is 3.72. The number of hydrogen-bond acceptors (Lipinski definition) is 3. The second-order valence-corrected chi connectivity index (χ2v) is 4.99. The molecule has 0 amide bonds. The quantitative estimate of drug-likeness (QED) is 0.843. The molecule has 3 nitrogen and oxygen atoms in total. The van der Waals surface area contributed by atoms with Gasteiger partial charge in [-0.25, -0.2) is 0 Å². The lowest BCUT2D eigenvalue weighted by atomic mass is 9.92. The molecule has 1 fully saturated rings. The number of ether oxygens (including phenoxy) is 1. The maximum atomic E-state index is 10.2. The Balaban J connectivity index is 1.93. The highest BCUT2D eigenvalue weighted by Gasteiger charge is 2.37. The molecule has 1 aliphatic heterocycles. The minimum Gasteiger partial charge on any atom is -0.492 e. The third-order valence-corrected chi connectivity index (χ3v) is 3.72. The SMILES string of the molecule is CCOc1cccc2c1NC(C1CC1)CC2O. The highest BCUT2D eigenvalue weighted by atomic mass is 16.5. The Morgan fingerprint density at radius 1 is 1.41 bits per heavy atom. The fourth-order valence-corrected chi connectivity index (χ4v) is 2.68. The van der Waals surface area contributed by atoms with Crippen molar-refractivity contribution in [1.29, 1.82) is 0 Å². The summed E-state index contributed by atoms with van der Waals surface area (Å²) in [4.78, 5) is 0. The molecule has 0 spiro atoms. The molecule has 0 radical (unpaired) electrons. The lowest BCUT2D eigenvalue weighted by Gasteiger charge is -2.32. The summed E-state index contributed by atoms with van der Waals surface area (Å²) in [6, 6.07) is 6.32. The molecule has 17 heavy (non-hydrogen) atoms. The van der Waals surface area contributed by atoms with Gasteiger partial charge in [-0.2, -0.15) is 0 Å². The van der Waals surface area contributed by atoms with Crippen molar-refractivity contribution in [2.24, 2.45) is 5.92 Å². The van der Waals surface area contributed by atoms with E-state index >= 15 is 0 Å². The number of fused-ring (bicyclic) bond motifs is 1. The molecule has 3 rings (SSSR count). The van der Waals surface area contributed by atoms with Gasteiger partial charge < -0.3 is 15.2 Å². The molecule has 0 bridgehead atoms. The zero-order chi connectivity index (χ0) is 11.8. The van der Waals surface area contributed by atoms with Crippen molar-refractivity contribution in [2.75, 3.05) is 11.9 Å². The van der Waals surface area contributed by atoms with Crippen LogP contribution < -0.4 is 10.1 Å². The molecule has 2 unspecified atom stereocenters. The molecule has 1 aliphatic carbocycles. The topological polar surface area (TPSA) is 41.5 Å². The van der Waals surface area contributed by atoms with E-state index in [4.69, 9.17) is 4.74 Å². The van der Waals surface area contributed by atoms with Crippen LogP contribution in [0.15, 0.2) is 18.2 Å². The van der Waals surface area contributed by atoms with E-state index in [-0.39, 0.29) is 6.10 Å². The van der Waals surface area contributed by atoms with Crippen molar-refractivity contribution in [2.45, 2.75) is 38.3 Å². The van der Waals surface area contributed by atoms with E-state index in [9.17, 15) is 5.11 Å². The number of hydrogen-bond donors (Lipinski definition) is 2. The maximum absolute atomic E-state index is 10.2. The summed E-state index contributed by atoms with van der Waals surface area (Å²) in [7, 11) is 0. The molecule has 2 atom stereocenters. The van der Waals surface area contributed by atoms with Crippen LogP contribution in [-0.4, -0.2) is 17.8 Å². The normalized spacial score (nSPS) is 27.2. The first-order valence-electron chi connectivity index (χ1n) is 6.50. The Morgan fingerprint density at radius 2 is 2.24 bits per heavy atom. The van der Waals surface area contributed by atoms with Crippen LogP contribution in [-0.2, 0) is 0 Å². The van der Waals surface area contributed by atoms with Crippen molar-refractivity contribution in [3.05, 3.63) is 23.8 Å². The number of aliphatic hydroxyl groups is 1. The number of para-hydroxylation sites is 1. The third kappa shape index (κ3) is 2.00. The van der Waals surface area contributed by atoms with Gasteiger partial charge in [0.15, 0.2) is 0 Å². The lowest BCUT2D eigenvalue weighted by Crippen LogP contribution is -2.30. The second kappa shape index (κ2) is 4.22. The van der Waals surface area contributed by atoms with Gasteiger partial charge >= 0.3 is 0 Å². The van der Waals surface area contributed by atoms with E-state index in [2.05, 4.69) is 5.32 Å². The van der Waals surface area contributed by atoms with Gasteiger partial charge in [0.05, 0.1) is 18.4 Å². The highest BCUT2D eigenvalue weighted by molar-refractivity contribution is 5.65. The van der Waals surface area contributed by atoms with Gasteiger partial charge in [-0.3, -0.25) is 0 Å². The Hall–Kier alpha value is -1.22. The second-order valence-electron chi connectivity index (χ2n) is 4.99. The molecule has 3 heteroatoms. The molecular weight excluding hydrogens is 214 g/mol. The van der Waals surface area contributed by atoms with Crippen LogP contribution >= 0.6 is 0 Å². The van der Waals surface area contributed by atoms with Gasteiger partial charge in [-0.1, -0.05) is 12.1 Å². The number of aliphatic hydroxyl groups excluding tert-OH is 1. The van der Waals surface area contributed by atoms with Gasteiger partial charge in [0, 0.05) is 11.6 Å². The molecule has 1 aromatic rings. The first-order chi connectivity index (χ1) is 8.29. The molecule has 0 aromatic heterocycles. The Bertz CT molecular complexity index is 415. The van der Waals surface area contributed by atoms with Gasteiger partial charge in [-0.05, 0) is 38.2 Å². The molecule has 0 saturated heterocycles. The fraction of sp³-hybridized carbons (Fsp3) is 0.571. The Kier molecular flexibility index (Phi) is 2.71. The smallest absolute Gasteiger partial charge is 0.142 e. The van der Waals surface area contributed by atoms with E-state index in [1.54, 1.807) is 0 Å². The van der Waals surface area contributed by atoms with Crippen LogP contribution in [0.1, 0.15) is 37.9 Å². The van der Waals surface area contributed by atoms with Crippen LogP contribution in [0.2, 0.25) is 0 Å². The molecular formula is C14H19NO2. The maximum Gasteiger partial charge on any atom is 0.142 e. The van der Waals surface area contributed by atoms with Crippen LogP contribution in [0.25, 0.3) is 0 Å². The van der Waals surface area contributed by atoms with Crippen molar-refractivity contribution in [3.63, 3.8) is 0 Å². The Labute approximate surface area is 102 Å². The van der Waals surface area contributed by atoms with E-state index in [1.165, 1.54) is 12.8 Å². The summed E-state index contributed by atoms with van der Waals surface area (Å²) in [5, 5.41) is 13.8. The lowest BCUT2D eigenvalue weighted by molar-refractivity contribution is 0.152. The minimum absolute atomic E-state index is 0.350. The van der Waals surface area contributed by atoms with Gasteiger partial charge in [0.1, 0.15) is 5.75 Å². The van der Waals surface area contributed by atoms with Gasteiger partial charge in [-0.15, -0.1) is 0 Å². The van der Waals surface area contributed by atoms with E-state index < -0.39 is 0 Å². The minimum atomic E-state index is -0.350. The summed E-state index contributed by atoms with van der Waals surface area (Å²) in [5.74, 6) is 1.61. The predicted octanol–water partition coefficient (Wildman–Crippen LogP) is 2.71. The van der Waals surface area contributed by atoms with E-state index in [0.29, 0.717) is 12.6 Å². The van der Waals surface area contributed by atoms with Crippen molar-refractivity contribution in [1.82, 2.24) is 0 Å². The van der Waals surface area contributed by atoms with E-state index in [1.807, 2.05) is 25.1 Å². The summed E-state index contributed by atoms with van der Waals surface area (Å²) < 4.78 is 5.63. The number of rotatable bonds is 3. The zero-order valence-electron chi connectivity index (χ0n) is 10.1. The highest BCUT2D eigenvalue weighted by Crippen LogP contribution is 2.45. The number of nitrogens with one attached hydrogen (secondary N) is 1. The number of anilines is 1. The summed E-state index contributed by atoms with van der Waals surface area (Å²) in [5.41, 5.74) is 1.98. The summed E-state index contributed by atoms with van der Waals surface area (Å²) in [6.45, 7) is 2.64. The molecule has 2 N–H and O–H groups in total. The fourth-order valence-electron chi connectivity index (χ4n) is 2.68. The number of benzene rings is 1. The molecule has 1 aromatic carbocycles. The van der Waals surface area contributed by atoms with E-state index in [0.717, 1.165) is 29.3 Å². The van der Waals surface area contributed by atoms with Crippen LogP contribution in [0.4, 0.5) is 5.69 Å². The van der Waals surface area contributed by atoms with Crippen molar-refractivity contribution in [3.8, 4) is 5.75 Å². The first-order valence-corrected chi connectivity index (χ1v) is 6.50. The van der Waals surface area contributed by atoms with Gasteiger partial charge in [0.2, 0.25) is 0 Å². The monoisotopic (exact) mass is 233 g/mol. The standard InChI is InChI=1S/C14H19NO2/c1-2-17-13-5-3-4-10-12(16)8-11(9-6-7-9)15-14(10)13/h3-5,9,11-12,15-16H,2,6-8H2,1H3. The molecule has 1 heterocycles. The predicted molar refractivity (Wildman–Crippen MR) is 67.3 cm³/mol. The Morgan fingerprint density at radius 3 is 2.94 bits per heavy atom. The van der Waals surface area contributed by atoms with Crippen LogP contribution in [0, 0.1) is 5.92 Å². The van der Waals surface area contributed by atoms with Crippen molar-refractivity contribution >= 4 is 5.69 Å². The summed E-state index contributed by atoms with van der Waals surface area (Å²) in [6.07, 6.45) is 3.05. The molecule has 2 aliphatic rings. The van der Waals surface area contributed by atoms with Crippen LogP contribution in [0.3, 0.4) is 0 Å². The molecule has 1 saturated carbocycles. The zero-order valence-corrected chi connectivity index (χ0v) is 10.1. The first kappa shape index (κ1) is 10.9. The largest absolute Gasteiger partial charge is 0.492 e. The van der Waals surface area contributed by atoms with Crippen molar-refractivity contribution < 1.29 is 9.84 Å². The summed E-state index contributed by atoms with van der Waals surface area (Å²) >= 11 is 0. The van der Waals surface area contributed by atoms with Gasteiger partial charge in [0.25, 0.3) is 0 Å².